The van der Waals surface area contributed by atoms with Crippen LogP contribution < -0.4 is 5.32 Å². The van der Waals surface area contributed by atoms with Crippen LogP contribution in [-0.2, 0) is 6.54 Å². The van der Waals surface area contributed by atoms with E-state index in [1.54, 1.807) is 11.3 Å². The van der Waals surface area contributed by atoms with E-state index in [0.29, 0.717) is 6.04 Å². The Morgan fingerprint density at radius 3 is 2.82 bits per heavy atom. The van der Waals surface area contributed by atoms with Crippen molar-refractivity contribution in [1.29, 1.82) is 0 Å². The summed E-state index contributed by atoms with van der Waals surface area (Å²) >= 11 is 1.74. The lowest BCUT2D eigenvalue weighted by Gasteiger charge is -2.32. The summed E-state index contributed by atoms with van der Waals surface area (Å²) < 4.78 is 0. The first-order chi connectivity index (χ1) is 8.28. The van der Waals surface area contributed by atoms with Crippen molar-refractivity contribution in [3.05, 3.63) is 16.1 Å². The van der Waals surface area contributed by atoms with Crippen molar-refractivity contribution in [3.63, 3.8) is 0 Å². The fourth-order valence-electron chi connectivity index (χ4n) is 2.42. The molecule has 0 saturated carbocycles. The Balaban J connectivity index is 1.68. The minimum atomic E-state index is 0.685. The molecule has 3 nitrogen and oxygen atoms in total. The van der Waals surface area contributed by atoms with Gasteiger partial charge >= 0.3 is 0 Å². The number of aryl methyl sites for hydroxylation is 1. The first-order valence-electron chi connectivity index (χ1n) is 6.64. The molecule has 0 amide bonds. The second kappa shape index (κ2) is 6.47. The zero-order valence-corrected chi connectivity index (χ0v) is 11.7. The van der Waals surface area contributed by atoms with Gasteiger partial charge in [-0.1, -0.05) is 6.92 Å². The fraction of sp³-hybridized carbons (Fsp3) is 0.769. The third kappa shape index (κ3) is 4.05. The largest absolute Gasteiger partial charge is 0.308 e. The van der Waals surface area contributed by atoms with E-state index >= 15 is 0 Å². The summed E-state index contributed by atoms with van der Waals surface area (Å²) in [6, 6.07) is 0.685. The second-order valence-corrected chi connectivity index (χ2v) is 5.92. The number of hydrogen-bond acceptors (Lipinski definition) is 4. The zero-order valence-electron chi connectivity index (χ0n) is 10.9. The van der Waals surface area contributed by atoms with Gasteiger partial charge in [-0.25, -0.2) is 4.98 Å². The Hall–Kier alpha value is -0.450. The summed E-state index contributed by atoms with van der Waals surface area (Å²) in [7, 11) is 0. The Bertz CT molecular complexity index is 329. The quantitative estimate of drug-likeness (QED) is 0.873. The molecule has 4 heteroatoms. The van der Waals surface area contributed by atoms with Crippen LogP contribution in [0.15, 0.2) is 5.38 Å². The van der Waals surface area contributed by atoms with E-state index in [1.165, 1.54) is 49.6 Å². The molecule has 1 fully saturated rings. The average Bonchev–Trinajstić information content (AvgIpc) is 2.75. The number of hydrogen-bond donors (Lipinski definition) is 1. The average molecular weight is 253 g/mol. The van der Waals surface area contributed by atoms with Crippen LogP contribution in [0.4, 0.5) is 0 Å². The molecule has 2 heterocycles. The van der Waals surface area contributed by atoms with E-state index in [0.717, 1.165) is 6.54 Å². The van der Waals surface area contributed by atoms with Gasteiger partial charge in [-0.2, -0.15) is 0 Å². The molecule has 1 aromatic heterocycles. The smallest absolute Gasteiger partial charge is 0.0897 e. The third-order valence-electron chi connectivity index (χ3n) is 3.37. The van der Waals surface area contributed by atoms with Gasteiger partial charge in [0.15, 0.2) is 0 Å². The number of likely N-dealkylation sites (tertiary alicyclic amines) is 1. The summed E-state index contributed by atoms with van der Waals surface area (Å²) in [5.41, 5.74) is 1.20. The van der Waals surface area contributed by atoms with Gasteiger partial charge in [-0.3, -0.25) is 0 Å². The molecule has 0 spiro atoms. The summed E-state index contributed by atoms with van der Waals surface area (Å²) in [5.74, 6) is 0. The fourth-order valence-corrected chi connectivity index (χ4v) is 3.03. The van der Waals surface area contributed by atoms with Gasteiger partial charge in [0.05, 0.1) is 10.7 Å². The Morgan fingerprint density at radius 1 is 1.47 bits per heavy atom. The number of thiazole rings is 1. The van der Waals surface area contributed by atoms with Crippen molar-refractivity contribution >= 4 is 11.3 Å². The van der Waals surface area contributed by atoms with Crippen LogP contribution in [0.2, 0.25) is 0 Å². The van der Waals surface area contributed by atoms with Gasteiger partial charge in [0.1, 0.15) is 0 Å². The van der Waals surface area contributed by atoms with Crippen molar-refractivity contribution in [2.75, 3.05) is 19.6 Å². The van der Waals surface area contributed by atoms with E-state index in [4.69, 9.17) is 0 Å². The van der Waals surface area contributed by atoms with Crippen molar-refractivity contribution in [2.24, 2.45) is 0 Å². The molecule has 1 aliphatic heterocycles. The zero-order chi connectivity index (χ0) is 12.1. The van der Waals surface area contributed by atoms with Crippen LogP contribution in [0.25, 0.3) is 0 Å². The Morgan fingerprint density at radius 2 is 2.24 bits per heavy atom. The first kappa shape index (κ1) is 13.0. The number of piperidine rings is 1. The number of nitrogens with one attached hydrogen (secondary N) is 1. The van der Waals surface area contributed by atoms with Crippen LogP contribution >= 0.6 is 11.3 Å². The highest BCUT2D eigenvalue weighted by Gasteiger charge is 2.17. The van der Waals surface area contributed by atoms with Gasteiger partial charge in [0.25, 0.3) is 0 Å². The summed E-state index contributed by atoms with van der Waals surface area (Å²) in [6.07, 6.45) is 3.84. The maximum Gasteiger partial charge on any atom is 0.0897 e. The van der Waals surface area contributed by atoms with Gasteiger partial charge < -0.3 is 10.2 Å². The molecule has 17 heavy (non-hydrogen) atoms. The summed E-state index contributed by atoms with van der Waals surface area (Å²) in [6.45, 7) is 9.02. The number of aromatic nitrogens is 1. The monoisotopic (exact) mass is 253 g/mol. The molecule has 0 unspecified atom stereocenters. The second-order valence-electron chi connectivity index (χ2n) is 4.85. The summed E-state index contributed by atoms with van der Waals surface area (Å²) in [4.78, 5) is 7.06. The van der Waals surface area contributed by atoms with Crippen LogP contribution in [0, 0.1) is 6.92 Å². The number of nitrogens with zero attached hydrogens (tertiary/aromatic N) is 2. The van der Waals surface area contributed by atoms with Crippen LogP contribution in [-0.4, -0.2) is 35.6 Å². The predicted molar refractivity (Wildman–Crippen MR) is 73.4 cm³/mol. The lowest BCUT2D eigenvalue weighted by molar-refractivity contribution is 0.197. The SMILES string of the molecule is CCCN1CCC(NCc2csc(C)n2)CC1. The van der Waals surface area contributed by atoms with Crippen molar-refractivity contribution < 1.29 is 0 Å². The maximum atomic E-state index is 4.49. The molecule has 2 rings (SSSR count). The highest BCUT2D eigenvalue weighted by molar-refractivity contribution is 7.09. The van der Waals surface area contributed by atoms with E-state index in [1.807, 2.05) is 0 Å². The molecule has 0 atom stereocenters. The number of rotatable bonds is 5. The summed E-state index contributed by atoms with van der Waals surface area (Å²) in [5, 5.41) is 6.96. The molecule has 0 radical (unpaired) electrons. The molecule has 96 valence electrons. The first-order valence-corrected chi connectivity index (χ1v) is 7.52. The normalized spacial score (nSPS) is 18.7. The van der Waals surface area contributed by atoms with Crippen LogP contribution in [0.5, 0.6) is 0 Å². The van der Waals surface area contributed by atoms with Gasteiger partial charge in [0.2, 0.25) is 0 Å². The Kier molecular flexibility index (Phi) is 4.95. The van der Waals surface area contributed by atoms with Crippen molar-refractivity contribution in [1.82, 2.24) is 15.2 Å². The molecule has 1 N–H and O–H groups in total. The van der Waals surface area contributed by atoms with Gasteiger partial charge in [-0.05, 0) is 45.8 Å². The predicted octanol–water partition coefficient (Wildman–Crippen LogP) is 2.42. The lowest BCUT2D eigenvalue weighted by Crippen LogP contribution is -2.42. The molecule has 1 aromatic rings. The van der Waals surface area contributed by atoms with E-state index in [2.05, 4.69) is 34.4 Å². The highest BCUT2D eigenvalue weighted by atomic mass is 32.1. The Labute approximate surface area is 108 Å². The molecule has 0 aliphatic carbocycles. The minimum Gasteiger partial charge on any atom is -0.308 e. The van der Waals surface area contributed by atoms with Gasteiger partial charge in [0, 0.05) is 18.0 Å². The molecule has 0 aromatic carbocycles. The van der Waals surface area contributed by atoms with E-state index in [9.17, 15) is 0 Å². The maximum absolute atomic E-state index is 4.49. The molecular formula is C13H23N3S. The van der Waals surface area contributed by atoms with Crippen LogP contribution in [0.1, 0.15) is 36.9 Å². The van der Waals surface area contributed by atoms with E-state index in [-0.39, 0.29) is 0 Å². The van der Waals surface area contributed by atoms with E-state index < -0.39 is 0 Å². The van der Waals surface area contributed by atoms with Crippen molar-refractivity contribution in [3.8, 4) is 0 Å². The molecule has 0 bridgehead atoms. The topological polar surface area (TPSA) is 28.2 Å². The standard InChI is InChI=1S/C13H23N3S/c1-3-6-16-7-4-12(5-8-16)14-9-13-10-17-11(2)15-13/h10,12,14H,3-9H2,1-2H3. The van der Waals surface area contributed by atoms with Gasteiger partial charge in [-0.15, -0.1) is 11.3 Å². The van der Waals surface area contributed by atoms with Crippen LogP contribution in [0.3, 0.4) is 0 Å². The molecule has 1 aliphatic rings. The van der Waals surface area contributed by atoms with Crippen molar-refractivity contribution in [2.45, 2.75) is 45.7 Å². The lowest BCUT2D eigenvalue weighted by atomic mass is 10.0. The highest BCUT2D eigenvalue weighted by Crippen LogP contribution is 2.12. The minimum absolute atomic E-state index is 0.685. The molecule has 1 saturated heterocycles. The molecular weight excluding hydrogens is 230 g/mol. The third-order valence-corrected chi connectivity index (χ3v) is 4.19.